The summed E-state index contributed by atoms with van der Waals surface area (Å²) >= 11 is 0. The third-order valence-electron chi connectivity index (χ3n) is 3.47. The lowest BCUT2D eigenvalue weighted by molar-refractivity contribution is -0.150. The van der Waals surface area contributed by atoms with E-state index in [9.17, 15) is 4.79 Å². The molecule has 1 atom stereocenters. The second-order valence-electron chi connectivity index (χ2n) is 5.21. The molecule has 1 saturated heterocycles. The first-order chi connectivity index (χ1) is 7.44. The third-order valence-corrected chi connectivity index (χ3v) is 3.47. The van der Waals surface area contributed by atoms with Crippen molar-refractivity contribution >= 4 is 5.91 Å². The van der Waals surface area contributed by atoms with Crippen LogP contribution in [-0.2, 0) is 4.79 Å². The number of hydrogen-bond donors (Lipinski definition) is 1. The molecule has 0 aromatic rings. The van der Waals surface area contributed by atoms with Crippen molar-refractivity contribution in [1.82, 2.24) is 9.80 Å². The number of aliphatic hydroxyl groups excluding tert-OH is 1. The van der Waals surface area contributed by atoms with E-state index in [-0.39, 0.29) is 24.1 Å². The number of carbonyl (C=O) groups is 1. The topological polar surface area (TPSA) is 43.8 Å². The van der Waals surface area contributed by atoms with Gasteiger partial charge in [-0.25, -0.2) is 0 Å². The van der Waals surface area contributed by atoms with Crippen LogP contribution < -0.4 is 0 Å². The van der Waals surface area contributed by atoms with Crippen LogP contribution in [0.3, 0.4) is 0 Å². The maximum absolute atomic E-state index is 12.2. The molecule has 0 bridgehead atoms. The van der Waals surface area contributed by atoms with E-state index in [1.165, 1.54) is 0 Å². The standard InChI is InChI=1S/C12H24N2O2/c1-5-7-14-9-12(2,3)13(4)11(16)10(14)6-8-15/h10,15H,5-9H2,1-4H3. The third kappa shape index (κ3) is 2.55. The predicted octanol–water partition coefficient (Wildman–Crippen LogP) is 0.700. The Morgan fingerprint density at radius 2 is 2.12 bits per heavy atom. The van der Waals surface area contributed by atoms with Crippen molar-refractivity contribution < 1.29 is 9.90 Å². The van der Waals surface area contributed by atoms with Gasteiger partial charge in [-0.15, -0.1) is 0 Å². The Kier molecular flexibility index (Phi) is 4.33. The molecule has 4 nitrogen and oxygen atoms in total. The summed E-state index contributed by atoms with van der Waals surface area (Å²) in [6, 6.07) is -0.136. The average molecular weight is 228 g/mol. The molecule has 0 spiro atoms. The molecule has 94 valence electrons. The van der Waals surface area contributed by atoms with E-state index in [1.54, 1.807) is 0 Å². The monoisotopic (exact) mass is 228 g/mol. The summed E-state index contributed by atoms with van der Waals surface area (Å²) in [5.41, 5.74) is -0.113. The minimum atomic E-state index is -0.136. The largest absolute Gasteiger partial charge is 0.396 e. The lowest BCUT2D eigenvalue weighted by Crippen LogP contribution is -2.65. The number of hydrogen-bond acceptors (Lipinski definition) is 3. The highest BCUT2D eigenvalue weighted by atomic mass is 16.3. The Labute approximate surface area is 98.2 Å². The van der Waals surface area contributed by atoms with Crippen LogP contribution in [0.1, 0.15) is 33.6 Å². The highest BCUT2D eigenvalue weighted by molar-refractivity contribution is 5.83. The lowest BCUT2D eigenvalue weighted by atomic mass is 9.94. The Bertz CT molecular complexity index is 253. The minimum Gasteiger partial charge on any atom is -0.396 e. The lowest BCUT2D eigenvalue weighted by Gasteiger charge is -2.49. The molecular weight excluding hydrogens is 204 g/mol. The van der Waals surface area contributed by atoms with E-state index in [4.69, 9.17) is 5.11 Å². The van der Waals surface area contributed by atoms with Crippen molar-refractivity contribution in [2.24, 2.45) is 0 Å². The van der Waals surface area contributed by atoms with E-state index in [0.29, 0.717) is 6.42 Å². The van der Waals surface area contributed by atoms with Gasteiger partial charge >= 0.3 is 0 Å². The number of carbonyl (C=O) groups excluding carboxylic acids is 1. The second-order valence-corrected chi connectivity index (χ2v) is 5.21. The highest BCUT2D eigenvalue weighted by Crippen LogP contribution is 2.25. The molecule has 0 aromatic carbocycles. The van der Waals surface area contributed by atoms with Crippen LogP contribution in [0.5, 0.6) is 0 Å². The number of piperazine rings is 1. The minimum absolute atomic E-state index is 0.0743. The van der Waals surface area contributed by atoms with E-state index < -0.39 is 0 Å². The Morgan fingerprint density at radius 1 is 1.50 bits per heavy atom. The zero-order chi connectivity index (χ0) is 12.3. The molecule has 1 aliphatic heterocycles. The maximum atomic E-state index is 12.2. The number of aliphatic hydroxyl groups is 1. The van der Waals surface area contributed by atoms with Crippen molar-refractivity contribution in [3.8, 4) is 0 Å². The Balaban J connectivity index is 2.84. The molecule has 16 heavy (non-hydrogen) atoms. The van der Waals surface area contributed by atoms with Crippen LogP contribution in [0, 0.1) is 0 Å². The van der Waals surface area contributed by atoms with Crippen LogP contribution in [-0.4, -0.2) is 59.1 Å². The van der Waals surface area contributed by atoms with Crippen LogP contribution >= 0.6 is 0 Å². The van der Waals surface area contributed by atoms with E-state index in [2.05, 4.69) is 25.7 Å². The normalized spacial score (nSPS) is 26.2. The molecule has 1 N–H and O–H groups in total. The molecule has 1 amide bonds. The van der Waals surface area contributed by atoms with Gasteiger partial charge in [0.2, 0.25) is 5.91 Å². The zero-order valence-corrected chi connectivity index (χ0v) is 10.9. The van der Waals surface area contributed by atoms with E-state index >= 15 is 0 Å². The fourth-order valence-electron chi connectivity index (χ4n) is 2.34. The van der Waals surface area contributed by atoms with Crippen LogP contribution in [0.25, 0.3) is 0 Å². The summed E-state index contributed by atoms with van der Waals surface area (Å²) in [6.45, 7) is 8.17. The van der Waals surface area contributed by atoms with Gasteiger partial charge in [0.15, 0.2) is 0 Å². The van der Waals surface area contributed by atoms with Crippen molar-refractivity contribution in [2.45, 2.75) is 45.2 Å². The van der Waals surface area contributed by atoms with Gasteiger partial charge in [0.05, 0.1) is 6.04 Å². The summed E-state index contributed by atoms with van der Waals surface area (Å²) in [4.78, 5) is 16.2. The first kappa shape index (κ1) is 13.5. The van der Waals surface area contributed by atoms with Crippen molar-refractivity contribution in [2.75, 3.05) is 26.7 Å². The smallest absolute Gasteiger partial charge is 0.240 e. The molecule has 1 unspecified atom stereocenters. The first-order valence-corrected chi connectivity index (χ1v) is 6.06. The maximum Gasteiger partial charge on any atom is 0.240 e. The zero-order valence-electron chi connectivity index (χ0n) is 10.9. The van der Waals surface area contributed by atoms with E-state index in [1.807, 2.05) is 11.9 Å². The Morgan fingerprint density at radius 3 is 2.62 bits per heavy atom. The van der Waals surface area contributed by atoms with Crippen molar-refractivity contribution in [1.29, 1.82) is 0 Å². The van der Waals surface area contributed by atoms with Gasteiger partial charge in [-0.05, 0) is 33.2 Å². The number of likely N-dealkylation sites (N-methyl/N-ethyl adjacent to an activating group) is 1. The quantitative estimate of drug-likeness (QED) is 0.770. The summed E-state index contributed by atoms with van der Waals surface area (Å²) in [5.74, 6) is 0.138. The van der Waals surface area contributed by atoms with Crippen LogP contribution in [0.15, 0.2) is 0 Å². The van der Waals surface area contributed by atoms with E-state index in [0.717, 1.165) is 19.5 Å². The predicted molar refractivity (Wildman–Crippen MR) is 64.2 cm³/mol. The molecule has 0 aromatic heterocycles. The van der Waals surface area contributed by atoms with Gasteiger partial charge in [-0.1, -0.05) is 6.92 Å². The number of amides is 1. The van der Waals surface area contributed by atoms with Gasteiger partial charge in [0.1, 0.15) is 0 Å². The fraction of sp³-hybridized carbons (Fsp3) is 0.917. The molecule has 0 aliphatic carbocycles. The molecular formula is C12H24N2O2. The average Bonchev–Trinajstić information content (AvgIpc) is 2.21. The summed E-state index contributed by atoms with van der Waals surface area (Å²) in [6.07, 6.45) is 1.58. The van der Waals surface area contributed by atoms with Gasteiger partial charge in [0.25, 0.3) is 0 Å². The molecule has 1 aliphatic rings. The van der Waals surface area contributed by atoms with Crippen molar-refractivity contribution in [3.05, 3.63) is 0 Å². The molecule has 1 fully saturated rings. The summed E-state index contributed by atoms with van der Waals surface area (Å²) in [7, 11) is 1.86. The summed E-state index contributed by atoms with van der Waals surface area (Å²) < 4.78 is 0. The second kappa shape index (κ2) is 5.15. The number of rotatable bonds is 4. The molecule has 1 rings (SSSR count). The van der Waals surface area contributed by atoms with Gasteiger partial charge < -0.3 is 10.0 Å². The first-order valence-electron chi connectivity index (χ1n) is 6.06. The van der Waals surface area contributed by atoms with Gasteiger partial charge in [0, 0.05) is 25.7 Å². The number of nitrogens with zero attached hydrogens (tertiary/aromatic N) is 2. The van der Waals surface area contributed by atoms with Crippen molar-refractivity contribution in [3.63, 3.8) is 0 Å². The van der Waals surface area contributed by atoms with Gasteiger partial charge in [-0.3, -0.25) is 9.69 Å². The fourth-order valence-corrected chi connectivity index (χ4v) is 2.34. The molecule has 0 saturated carbocycles. The Hall–Kier alpha value is -0.610. The summed E-state index contributed by atoms with van der Waals surface area (Å²) in [5, 5.41) is 9.04. The van der Waals surface area contributed by atoms with Crippen LogP contribution in [0.4, 0.5) is 0 Å². The highest BCUT2D eigenvalue weighted by Gasteiger charge is 2.41. The SMILES string of the molecule is CCCN1CC(C)(C)N(C)C(=O)C1CCO. The molecule has 0 radical (unpaired) electrons. The van der Waals surface area contributed by atoms with Gasteiger partial charge in [-0.2, -0.15) is 0 Å². The van der Waals surface area contributed by atoms with Crippen LogP contribution in [0.2, 0.25) is 0 Å². The molecule has 1 heterocycles. The molecule has 4 heteroatoms.